The Hall–Kier alpha value is -3.31. The first kappa shape index (κ1) is 32.7. The number of aliphatic carboxylic acids is 1. The molecule has 0 fully saturated rings. The number of hydrogen-bond donors (Lipinski definition) is 4. The van der Waals surface area contributed by atoms with Gasteiger partial charge >= 0.3 is 5.97 Å². The van der Waals surface area contributed by atoms with E-state index in [4.69, 9.17) is 34.7 Å². The molecule has 1 unspecified atom stereocenters. The maximum absolute atomic E-state index is 11.2. The normalized spacial score (nSPS) is 11.1. The third-order valence-electron chi connectivity index (χ3n) is 5.26. The number of nitrogens with one attached hydrogen (secondary N) is 1. The second kappa shape index (κ2) is 17.2. The molecule has 6 N–H and O–H groups in total. The number of aromatic nitrogens is 6. The average Bonchev–Trinajstić information content (AvgIpc) is 2.80. The van der Waals surface area contributed by atoms with Crippen LogP contribution < -0.4 is 16.8 Å². The van der Waals surface area contributed by atoms with Crippen molar-refractivity contribution >= 4 is 46.9 Å². The minimum absolute atomic E-state index is 0. The summed E-state index contributed by atoms with van der Waals surface area (Å²) in [5.74, 6) is 1.02. The van der Waals surface area contributed by atoms with Crippen molar-refractivity contribution in [3.63, 3.8) is 0 Å². The number of carboxylic acids is 1. The molecule has 0 spiro atoms. The molecule has 38 heavy (non-hydrogen) atoms. The highest BCUT2D eigenvalue weighted by atomic mass is 35.5. The number of carbonyl (C=O) groups is 1. The van der Waals surface area contributed by atoms with Crippen LogP contribution in [0.2, 0.25) is 10.3 Å². The second-order valence-electron chi connectivity index (χ2n) is 8.32. The van der Waals surface area contributed by atoms with E-state index >= 15 is 0 Å². The first-order chi connectivity index (χ1) is 17.7. The van der Waals surface area contributed by atoms with Crippen LogP contribution in [0.3, 0.4) is 0 Å². The minimum atomic E-state index is -0.789. The topological polar surface area (TPSA) is 179 Å². The molecule has 0 radical (unpaired) electrons. The Bertz CT molecular complexity index is 1080. The fourth-order valence-electron chi connectivity index (χ4n) is 3.59. The van der Waals surface area contributed by atoms with Crippen molar-refractivity contribution in [2.75, 3.05) is 23.3 Å². The zero-order valence-electron chi connectivity index (χ0n) is 21.0. The molecule has 3 rings (SSSR count). The fraction of sp³-hybridized carbons (Fsp3) is 0.480. The van der Waals surface area contributed by atoms with Crippen molar-refractivity contribution in [1.29, 1.82) is 0 Å². The number of unbranched alkanes of at least 4 members (excludes halogenated alkanes) is 3. The summed E-state index contributed by atoms with van der Waals surface area (Å²) in [5.41, 5.74) is 12.8. The van der Waals surface area contributed by atoms with E-state index in [0.717, 1.165) is 62.1 Å². The van der Waals surface area contributed by atoms with E-state index in [2.05, 4.69) is 35.2 Å². The lowest BCUT2D eigenvalue weighted by atomic mass is 9.92. The molecule has 0 saturated heterocycles. The van der Waals surface area contributed by atoms with Gasteiger partial charge in [-0.25, -0.2) is 24.9 Å². The molecule has 0 bridgehead atoms. The zero-order chi connectivity index (χ0) is 27.2. The van der Waals surface area contributed by atoms with Crippen molar-refractivity contribution in [3.05, 3.63) is 51.9 Å². The van der Waals surface area contributed by atoms with Gasteiger partial charge in [-0.1, -0.05) is 49.9 Å². The fourth-order valence-corrected chi connectivity index (χ4v) is 4.02. The van der Waals surface area contributed by atoms with Crippen LogP contribution in [0.15, 0.2) is 24.5 Å². The minimum Gasteiger partial charge on any atom is -0.481 e. The van der Waals surface area contributed by atoms with Gasteiger partial charge in [0, 0.05) is 36.8 Å². The summed E-state index contributed by atoms with van der Waals surface area (Å²) >= 11 is 10.9. The molecule has 3 heterocycles. The number of nitrogens with zero attached hydrogens (tertiary/aromatic N) is 6. The van der Waals surface area contributed by atoms with Gasteiger partial charge in [0.2, 0.25) is 11.9 Å². The Balaban J connectivity index is 0.000000610. The van der Waals surface area contributed by atoms with Crippen LogP contribution in [0.25, 0.3) is 0 Å². The summed E-state index contributed by atoms with van der Waals surface area (Å²) in [6.07, 6.45) is 9.38. The number of nitrogens with two attached hydrogens (primary N) is 2. The van der Waals surface area contributed by atoms with E-state index in [-0.39, 0.29) is 36.0 Å². The first-order valence-electron chi connectivity index (χ1n) is 12.0. The monoisotopic (exact) mass is 565 g/mol. The number of anilines is 3. The van der Waals surface area contributed by atoms with Gasteiger partial charge in [-0.2, -0.15) is 4.98 Å². The van der Waals surface area contributed by atoms with Gasteiger partial charge < -0.3 is 21.9 Å². The summed E-state index contributed by atoms with van der Waals surface area (Å²) in [4.78, 5) is 35.2. The van der Waals surface area contributed by atoms with Crippen LogP contribution >= 0.6 is 23.2 Å². The molecule has 3 aromatic rings. The molecular weight excluding hydrogens is 529 g/mol. The third kappa shape index (κ3) is 12.8. The Labute approximate surface area is 233 Å². The molecule has 11 nitrogen and oxygen atoms in total. The Kier molecular flexibility index (Phi) is 14.8. The SMILES string of the molecule is C.CCNc1cc(CCCCCCC(CC(=O)O)c2cnc(C)nc2)nc(N)n1.Nc1nc(Cl)cc(Cl)n1. The van der Waals surface area contributed by atoms with Crippen LogP contribution in [0, 0.1) is 6.92 Å². The molecular formula is C25H37Cl2N9O2. The van der Waals surface area contributed by atoms with E-state index in [1.807, 2.05) is 19.9 Å². The van der Waals surface area contributed by atoms with Gasteiger partial charge in [0.15, 0.2) is 0 Å². The maximum atomic E-state index is 11.2. The molecule has 0 aliphatic heterocycles. The lowest BCUT2D eigenvalue weighted by molar-refractivity contribution is -0.137. The van der Waals surface area contributed by atoms with E-state index in [1.165, 1.54) is 6.07 Å². The molecule has 3 aromatic heterocycles. The van der Waals surface area contributed by atoms with Gasteiger partial charge in [-0.05, 0) is 44.6 Å². The first-order valence-corrected chi connectivity index (χ1v) is 12.7. The van der Waals surface area contributed by atoms with Crippen LogP contribution in [0.1, 0.15) is 75.9 Å². The van der Waals surface area contributed by atoms with Gasteiger partial charge in [0.05, 0.1) is 6.42 Å². The molecule has 208 valence electrons. The predicted octanol–water partition coefficient (Wildman–Crippen LogP) is 5.34. The van der Waals surface area contributed by atoms with Crippen LogP contribution in [-0.2, 0) is 11.2 Å². The van der Waals surface area contributed by atoms with Crippen LogP contribution in [-0.4, -0.2) is 47.5 Å². The van der Waals surface area contributed by atoms with Crippen molar-refractivity contribution in [3.8, 4) is 0 Å². The summed E-state index contributed by atoms with van der Waals surface area (Å²) in [6, 6.07) is 3.36. The standard InChI is InChI=1S/C20H30N6O2.C4H3Cl2N3.CH4/c1-3-22-18-11-17(25-20(21)26-18)9-7-5-4-6-8-15(10-19(27)28)16-12-23-14(2)24-13-16;5-2-1-3(6)9-4(7)8-2;/h11-13,15H,3-10H2,1-2H3,(H,27,28)(H3,21,22,25,26);1H,(H2,7,8,9);1H4. The van der Waals surface area contributed by atoms with Gasteiger partial charge in [0.25, 0.3) is 0 Å². The number of hydrogen-bond acceptors (Lipinski definition) is 10. The lowest BCUT2D eigenvalue weighted by Crippen LogP contribution is -2.08. The molecule has 0 aliphatic carbocycles. The Morgan fingerprint density at radius 3 is 2.16 bits per heavy atom. The van der Waals surface area contributed by atoms with E-state index in [1.54, 1.807) is 12.4 Å². The molecule has 13 heteroatoms. The summed E-state index contributed by atoms with van der Waals surface area (Å²) in [7, 11) is 0. The highest BCUT2D eigenvalue weighted by Crippen LogP contribution is 2.25. The van der Waals surface area contributed by atoms with Gasteiger partial charge in [-0.3, -0.25) is 4.79 Å². The molecule has 1 atom stereocenters. The zero-order valence-corrected chi connectivity index (χ0v) is 22.5. The van der Waals surface area contributed by atoms with Crippen molar-refractivity contribution in [1.82, 2.24) is 29.9 Å². The van der Waals surface area contributed by atoms with Gasteiger partial charge in [0.1, 0.15) is 21.9 Å². The van der Waals surface area contributed by atoms with Crippen molar-refractivity contribution < 1.29 is 9.90 Å². The van der Waals surface area contributed by atoms with Gasteiger partial charge in [-0.15, -0.1) is 0 Å². The lowest BCUT2D eigenvalue weighted by Gasteiger charge is -2.14. The molecule has 0 saturated carbocycles. The summed E-state index contributed by atoms with van der Waals surface area (Å²) < 4.78 is 0. The summed E-state index contributed by atoms with van der Waals surface area (Å²) in [5, 5.41) is 12.9. The van der Waals surface area contributed by atoms with Crippen LogP contribution in [0.4, 0.5) is 17.7 Å². The number of nitrogen functional groups attached to an aromatic ring is 2. The van der Waals surface area contributed by atoms with Crippen molar-refractivity contribution in [2.24, 2.45) is 0 Å². The molecule has 0 aliphatic rings. The Morgan fingerprint density at radius 2 is 1.58 bits per heavy atom. The highest BCUT2D eigenvalue weighted by molar-refractivity contribution is 6.33. The summed E-state index contributed by atoms with van der Waals surface area (Å²) in [6.45, 7) is 4.63. The molecule has 0 amide bonds. The highest BCUT2D eigenvalue weighted by Gasteiger charge is 2.16. The predicted molar refractivity (Wildman–Crippen MR) is 152 cm³/mol. The van der Waals surface area contributed by atoms with Crippen LogP contribution in [0.5, 0.6) is 0 Å². The number of carboxylic acid groups (broad SMARTS) is 1. The van der Waals surface area contributed by atoms with E-state index in [0.29, 0.717) is 11.8 Å². The number of aryl methyl sites for hydroxylation is 2. The smallest absolute Gasteiger partial charge is 0.303 e. The quantitative estimate of drug-likeness (QED) is 0.164. The largest absolute Gasteiger partial charge is 0.481 e. The average molecular weight is 567 g/mol. The van der Waals surface area contributed by atoms with E-state index in [9.17, 15) is 9.90 Å². The third-order valence-corrected chi connectivity index (χ3v) is 5.65. The number of rotatable bonds is 12. The van der Waals surface area contributed by atoms with E-state index < -0.39 is 5.97 Å². The number of halogens is 2. The second-order valence-corrected chi connectivity index (χ2v) is 9.09. The van der Waals surface area contributed by atoms with Crippen molar-refractivity contribution in [2.45, 2.75) is 72.1 Å². The Morgan fingerprint density at radius 1 is 0.974 bits per heavy atom. The molecule has 0 aromatic carbocycles. The maximum Gasteiger partial charge on any atom is 0.303 e.